The van der Waals surface area contributed by atoms with Gasteiger partial charge >= 0.3 is 0 Å². The summed E-state index contributed by atoms with van der Waals surface area (Å²) in [7, 11) is 0. The monoisotopic (exact) mass is 319 g/mol. The largest absolute Gasteiger partial charge is 0.411 e. The predicted molar refractivity (Wildman–Crippen MR) is 74.5 cm³/mol. The van der Waals surface area contributed by atoms with Crippen molar-refractivity contribution in [2.24, 2.45) is 5.16 Å². The van der Waals surface area contributed by atoms with E-state index in [4.69, 9.17) is 5.21 Å². The number of ketones is 1. The molecule has 2 aromatic rings. The molecule has 0 fully saturated rings. The zero-order valence-electron chi connectivity index (χ0n) is 10.0. The van der Waals surface area contributed by atoms with Gasteiger partial charge in [0.15, 0.2) is 12.4 Å². The Morgan fingerprint density at radius 3 is 2.42 bits per heavy atom. The number of carbonyl (C=O) groups excluding carboxylic acids is 1. The third kappa shape index (κ3) is 3.72. The van der Waals surface area contributed by atoms with Crippen LogP contribution in [0.4, 0.5) is 0 Å². The van der Waals surface area contributed by atoms with Gasteiger partial charge in [-0.3, -0.25) is 4.79 Å². The van der Waals surface area contributed by atoms with Crippen LogP contribution in [-0.2, 0) is 6.54 Å². The van der Waals surface area contributed by atoms with Crippen molar-refractivity contribution >= 4 is 27.9 Å². The molecule has 0 aliphatic heterocycles. The highest BCUT2D eigenvalue weighted by Gasteiger charge is 2.11. The number of pyridine rings is 1. The van der Waals surface area contributed by atoms with Crippen molar-refractivity contribution < 1.29 is 14.6 Å². The van der Waals surface area contributed by atoms with E-state index >= 15 is 0 Å². The van der Waals surface area contributed by atoms with Crippen molar-refractivity contribution in [1.29, 1.82) is 0 Å². The summed E-state index contributed by atoms with van der Waals surface area (Å²) in [5, 5.41) is 11.4. The fourth-order valence-corrected chi connectivity index (χ4v) is 1.88. The number of hydrogen-bond acceptors (Lipinski definition) is 3. The fourth-order valence-electron chi connectivity index (χ4n) is 1.62. The summed E-state index contributed by atoms with van der Waals surface area (Å²) in [6.07, 6.45) is 4.88. The molecule has 1 N–H and O–H groups in total. The van der Waals surface area contributed by atoms with Crippen LogP contribution >= 0.6 is 15.9 Å². The third-order valence-electron chi connectivity index (χ3n) is 2.62. The second-order valence-electron chi connectivity index (χ2n) is 3.98. The van der Waals surface area contributed by atoms with Gasteiger partial charge in [-0.05, 0) is 12.1 Å². The summed E-state index contributed by atoms with van der Waals surface area (Å²) in [6, 6.07) is 10.8. The highest BCUT2D eigenvalue weighted by molar-refractivity contribution is 9.10. The summed E-state index contributed by atoms with van der Waals surface area (Å²) in [5.74, 6) is 0.0427. The molecule has 0 amide bonds. The topological polar surface area (TPSA) is 53.5 Å². The minimum atomic E-state index is 0.0427. The Morgan fingerprint density at radius 1 is 1.21 bits per heavy atom. The first kappa shape index (κ1) is 13.4. The van der Waals surface area contributed by atoms with Crippen LogP contribution in [-0.4, -0.2) is 17.2 Å². The van der Waals surface area contributed by atoms with Crippen molar-refractivity contribution in [2.45, 2.75) is 6.54 Å². The van der Waals surface area contributed by atoms with Crippen molar-refractivity contribution in [1.82, 2.24) is 0 Å². The SMILES string of the molecule is O=C(C[n+]1ccc(/C=N/O)cc1)c1ccc(Br)cc1. The van der Waals surface area contributed by atoms with Crippen LogP contribution in [0.3, 0.4) is 0 Å². The lowest BCUT2D eigenvalue weighted by Crippen LogP contribution is -2.37. The van der Waals surface area contributed by atoms with Crippen molar-refractivity contribution in [2.75, 3.05) is 0 Å². The summed E-state index contributed by atoms with van der Waals surface area (Å²) in [4.78, 5) is 12.0. The molecular formula is C14H12BrN2O2+. The number of aromatic nitrogens is 1. The lowest BCUT2D eigenvalue weighted by molar-refractivity contribution is -0.683. The first-order chi connectivity index (χ1) is 9.19. The van der Waals surface area contributed by atoms with E-state index in [9.17, 15) is 4.79 Å². The number of rotatable bonds is 4. The van der Waals surface area contributed by atoms with Gasteiger partial charge in [0.25, 0.3) is 0 Å². The van der Waals surface area contributed by atoms with E-state index in [2.05, 4.69) is 21.1 Å². The lowest BCUT2D eigenvalue weighted by atomic mass is 10.1. The van der Waals surface area contributed by atoms with Crippen LogP contribution in [0.1, 0.15) is 15.9 Å². The van der Waals surface area contributed by atoms with Crippen molar-refractivity contribution in [3.63, 3.8) is 0 Å². The molecule has 0 spiro atoms. The van der Waals surface area contributed by atoms with E-state index in [1.165, 1.54) is 6.21 Å². The van der Waals surface area contributed by atoms with Crippen LogP contribution in [0, 0.1) is 0 Å². The Balaban J connectivity index is 2.08. The highest BCUT2D eigenvalue weighted by Crippen LogP contribution is 2.10. The average Bonchev–Trinajstić information content (AvgIpc) is 2.42. The minimum absolute atomic E-state index is 0.0427. The molecule has 5 heteroatoms. The van der Waals surface area contributed by atoms with E-state index in [-0.39, 0.29) is 12.3 Å². The number of oxime groups is 1. The van der Waals surface area contributed by atoms with E-state index in [1.807, 2.05) is 12.1 Å². The molecule has 1 aromatic carbocycles. The average molecular weight is 320 g/mol. The molecule has 19 heavy (non-hydrogen) atoms. The summed E-state index contributed by atoms with van der Waals surface area (Å²) in [5.41, 5.74) is 1.45. The second kappa shape index (κ2) is 6.24. The maximum absolute atomic E-state index is 12.0. The molecule has 0 saturated carbocycles. The molecule has 1 heterocycles. The fraction of sp³-hybridized carbons (Fsp3) is 0.0714. The number of Topliss-reactive ketones (excluding diaryl/α,β-unsaturated/α-hetero) is 1. The van der Waals surface area contributed by atoms with Gasteiger partial charge in [-0.15, -0.1) is 0 Å². The Hall–Kier alpha value is -2.01. The minimum Gasteiger partial charge on any atom is -0.411 e. The van der Waals surface area contributed by atoms with Gasteiger partial charge in [-0.25, -0.2) is 0 Å². The Morgan fingerprint density at radius 2 is 1.84 bits per heavy atom. The van der Waals surface area contributed by atoms with E-state index in [1.54, 1.807) is 41.2 Å². The molecule has 0 bridgehead atoms. The smallest absolute Gasteiger partial charge is 0.227 e. The lowest BCUT2D eigenvalue weighted by Gasteiger charge is -1.99. The predicted octanol–water partition coefficient (Wildman–Crippen LogP) is 2.43. The zero-order valence-corrected chi connectivity index (χ0v) is 11.6. The number of carbonyl (C=O) groups is 1. The Labute approximate surface area is 119 Å². The second-order valence-corrected chi connectivity index (χ2v) is 4.89. The molecule has 0 aliphatic rings. The maximum atomic E-state index is 12.0. The van der Waals surface area contributed by atoms with Crippen molar-refractivity contribution in [3.8, 4) is 0 Å². The van der Waals surface area contributed by atoms with Gasteiger partial charge in [-0.1, -0.05) is 33.2 Å². The van der Waals surface area contributed by atoms with Crippen molar-refractivity contribution in [3.05, 3.63) is 64.4 Å². The standard InChI is InChI=1S/C14H11BrN2O2/c15-13-3-1-12(2-4-13)14(18)10-17-7-5-11(6-8-17)9-16-19/h1-9H,10H2/p+1. The maximum Gasteiger partial charge on any atom is 0.227 e. The van der Waals surface area contributed by atoms with Crippen LogP contribution in [0.25, 0.3) is 0 Å². The van der Waals surface area contributed by atoms with Crippen LogP contribution in [0.15, 0.2) is 58.4 Å². The Bertz CT molecular complexity index is 592. The highest BCUT2D eigenvalue weighted by atomic mass is 79.9. The van der Waals surface area contributed by atoms with Crippen LogP contribution in [0.5, 0.6) is 0 Å². The zero-order chi connectivity index (χ0) is 13.7. The third-order valence-corrected chi connectivity index (χ3v) is 3.14. The number of nitrogens with zero attached hydrogens (tertiary/aromatic N) is 2. The molecule has 0 aliphatic carbocycles. The quantitative estimate of drug-likeness (QED) is 0.309. The normalized spacial score (nSPS) is 10.8. The molecule has 0 atom stereocenters. The van der Waals surface area contributed by atoms with Crippen LogP contribution in [0.2, 0.25) is 0 Å². The molecule has 1 aromatic heterocycles. The molecule has 0 radical (unpaired) electrons. The first-order valence-corrected chi connectivity index (χ1v) is 6.43. The van der Waals surface area contributed by atoms with Gasteiger partial charge in [0.05, 0.1) is 6.21 Å². The molecule has 2 rings (SSSR count). The number of benzene rings is 1. The number of hydrogen-bond donors (Lipinski definition) is 1. The summed E-state index contributed by atoms with van der Waals surface area (Å²) in [6.45, 7) is 0.276. The summed E-state index contributed by atoms with van der Waals surface area (Å²) >= 11 is 3.33. The number of halogens is 1. The van der Waals surface area contributed by atoms with Gasteiger partial charge in [0, 0.05) is 27.7 Å². The van der Waals surface area contributed by atoms with Gasteiger partial charge in [0.2, 0.25) is 12.3 Å². The van der Waals surface area contributed by atoms with Gasteiger partial charge in [-0.2, -0.15) is 4.57 Å². The first-order valence-electron chi connectivity index (χ1n) is 5.64. The molecular weight excluding hydrogens is 308 g/mol. The van der Waals surface area contributed by atoms with Gasteiger partial charge < -0.3 is 5.21 Å². The van der Waals surface area contributed by atoms with E-state index in [0.717, 1.165) is 10.0 Å². The Kier molecular flexibility index (Phi) is 4.41. The molecule has 96 valence electrons. The molecule has 0 saturated heterocycles. The molecule has 0 unspecified atom stereocenters. The van der Waals surface area contributed by atoms with Gasteiger partial charge in [0.1, 0.15) is 0 Å². The molecule has 4 nitrogen and oxygen atoms in total. The summed E-state index contributed by atoms with van der Waals surface area (Å²) < 4.78 is 2.73. The van der Waals surface area contributed by atoms with E-state index < -0.39 is 0 Å². The van der Waals surface area contributed by atoms with Crippen LogP contribution < -0.4 is 4.57 Å². The van der Waals surface area contributed by atoms with E-state index in [0.29, 0.717) is 5.56 Å².